The number of hydrogen-bond acceptors (Lipinski definition) is 4. The largest absolute Gasteiger partial charge is 0.366 e. The first-order chi connectivity index (χ1) is 16.5. The summed E-state index contributed by atoms with van der Waals surface area (Å²) >= 11 is 0. The van der Waals surface area contributed by atoms with Crippen molar-refractivity contribution in [3.63, 3.8) is 0 Å². The van der Waals surface area contributed by atoms with Crippen molar-refractivity contribution in [2.75, 3.05) is 31.1 Å². The number of benzene rings is 2. The second kappa shape index (κ2) is 9.09. The van der Waals surface area contributed by atoms with Crippen molar-refractivity contribution < 1.29 is 9.18 Å². The van der Waals surface area contributed by atoms with Crippen LogP contribution in [0.1, 0.15) is 21.6 Å². The van der Waals surface area contributed by atoms with Crippen molar-refractivity contribution in [1.29, 1.82) is 0 Å². The first-order valence-electron chi connectivity index (χ1n) is 11.3. The van der Waals surface area contributed by atoms with Crippen LogP contribution in [0, 0.1) is 12.7 Å². The predicted molar refractivity (Wildman–Crippen MR) is 131 cm³/mol. The van der Waals surface area contributed by atoms with Crippen LogP contribution in [0.15, 0.2) is 77.7 Å². The Morgan fingerprint density at radius 2 is 1.68 bits per heavy atom. The molecule has 7 heteroatoms. The van der Waals surface area contributed by atoms with E-state index in [1.54, 1.807) is 40.8 Å². The lowest BCUT2D eigenvalue weighted by Gasteiger charge is -2.36. The van der Waals surface area contributed by atoms with Crippen molar-refractivity contribution in [2.24, 2.45) is 0 Å². The maximum Gasteiger partial charge on any atom is 0.260 e. The Morgan fingerprint density at radius 1 is 0.971 bits per heavy atom. The molecule has 0 spiro atoms. The second-order valence-electron chi connectivity index (χ2n) is 8.52. The molecule has 0 N–H and O–H groups in total. The van der Waals surface area contributed by atoms with Crippen LogP contribution in [0.5, 0.6) is 0 Å². The van der Waals surface area contributed by atoms with Crippen LogP contribution in [-0.4, -0.2) is 46.5 Å². The Kier molecular flexibility index (Phi) is 5.84. The molecule has 1 fully saturated rings. The summed E-state index contributed by atoms with van der Waals surface area (Å²) in [6, 6.07) is 19.9. The zero-order valence-corrected chi connectivity index (χ0v) is 18.9. The molecule has 0 unspecified atom stereocenters. The number of aromatic nitrogens is 2. The fourth-order valence-electron chi connectivity index (χ4n) is 4.46. The average Bonchev–Trinajstić information content (AvgIpc) is 2.86. The van der Waals surface area contributed by atoms with Gasteiger partial charge in [-0.25, -0.2) is 4.39 Å². The van der Waals surface area contributed by atoms with E-state index in [4.69, 9.17) is 0 Å². The molecule has 2 aromatic carbocycles. The van der Waals surface area contributed by atoms with Gasteiger partial charge in [0, 0.05) is 32.4 Å². The predicted octanol–water partition coefficient (Wildman–Crippen LogP) is 3.85. The van der Waals surface area contributed by atoms with Gasteiger partial charge >= 0.3 is 0 Å². The SMILES string of the molecule is Cc1nc2ccn(Cc3ccccc3)c(=O)c2cc1C(=O)N1CCN(c2ccccc2F)CC1. The monoisotopic (exact) mass is 456 g/mol. The average molecular weight is 457 g/mol. The third-order valence-corrected chi connectivity index (χ3v) is 6.33. The van der Waals surface area contributed by atoms with Gasteiger partial charge in [0.15, 0.2) is 0 Å². The molecule has 1 aliphatic heterocycles. The van der Waals surface area contributed by atoms with Gasteiger partial charge in [-0.05, 0) is 36.8 Å². The number of anilines is 1. The highest BCUT2D eigenvalue weighted by atomic mass is 19.1. The highest BCUT2D eigenvalue weighted by molar-refractivity contribution is 5.98. The summed E-state index contributed by atoms with van der Waals surface area (Å²) in [5.41, 5.74) is 3.00. The Hall–Kier alpha value is -4.00. The number of carbonyl (C=O) groups excluding carboxylic acids is 1. The van der Waals surface area contributed by atoms with Gasteiger partial charge in [-0.2, -0.15) is 0 Å². The number of nitrogens with zero attached hydrogens (tertiary/aromatic N) is 4. The molecule has 3 heterocycles. The van der Waals surface area contributed by atoms with E-state index in [0.717, 1.165) is 5.56 Å². The van der Waals surface area contributed by atoms with Gasteiger partial charge in [-0.1, -0.05) is 42.5 Å². The molecular formula is C27H25FN4O2. The summed E-state index contributed by atoms with van der Waals surface area (Å²) in [5, 5.41) is 0.428. The smallest absolute Gasteiger partial charge is 0.260 e. The third-order valence-electron chi connectivity index (χ3n) is 6.33. The molecule has 0 radical (unpaired) electrons. The van der Waals surface area contributed by atoms with Crippen LogP contribution >= 0.6 is 0 Å². The summed E-state index contributed by atoms with van der Waals surface area (Å²) in [5.74, 6) is -0.415. The van der Waals surface area contributed by atoms with Crippen LogP contribution in [0.3, 0.4) is 0 Å². The molecule has 6 nitrogen and oxygen atoms in total. The molecular weight excluding hydrogens is 431 g/mol. The number of amides is 1. The van der Waals surface area contributed by atoms with Crippen molar-refractivity contribution in [1.82, 2.24) is 14.5 Å². The number of pyridine rings is 2. The Balaban J connectivity index is 1.39. The standard InChI is InChI=1S/C27H25FN4O2/c1-19-21(26(33)31-15-13-30(14-16-31)25-10-6-5-9-23(25)28)17-22-24(29-19)11-12-32(27(22)34)18-20-7-3-2-4-8-20/h2-12,17H,13-16,18H2,1H3. The molecule has 5 rings (SSSR count). The van der Waals surface area contributed by atoms with E-state index < -0.39 is 0 Å². The van der Waals surface area contributed by atoms with E-state index in [2.05, 4.69) is 4.98 Å². The number of para-hydroxylation sites is 1. The maximum absolute atomic E-state index is 14.1. The lowest BCUT2D eigenvalue weighted by Crippen LogP contribution is -2.49. The van der Waals surface area contributed by atoms with E-state index in [1.807, 2.05) is 47.4 Å². The van der Waals surface area contributed by atoms with Crippen molar-refractivity contribution in [2.45, 2.75) is 13.5 Å². The molecule has 1 saturated heterocycles. The topological polar surface area (TPSA) is 58.4 Å². The summed E-state index contributed by atoms with van der Waals surface area (Å²) in [6.45, 7) is 4.26. The third kappa shape index (κ3) is 4.17. The van der Waals surface area contributed by atoms with Crippen LogP contribution in [-0.2, 0) is 6.54 Å². The van der Waals surface area contributed by atoms with Crippen LogP contribution in [0.2, 0.25) is 0 Å². The summed E-state index contributed by atoms with van der Waals surface area (Å²) in [7, 11) is 0. The summed E-state index contributed by atoms with van der Waals surface area (Å²) in [6.07, 6.45) is 1.74. The molecule has 1 aliphatic rings. The van der Waals surface area contributed by atoms with E-state index in [0.29, 0.717) is 60.6 Å². The van der Waals surface area contributed by atoms with E-state index in [-0.39, 0.29) is 17.3 Å². The van der Waals surface area contributed by atoms with Gasteiger partial charge in [0.25, 0.3) is 11.5 Å². The number of halogens is 1. The molecule has 0 bridgehead atoms. The first-order valence-corrected chi connectivity index (χ1v) is 11.3. The molecule has 0 saturated carbocycles. The van der Waals surface area contributed by atoms with Crippen molar-refractivity contribution in [3.8, 4) is 0 Å². The molecule has 172 valence electrons. The molecule has 0 atom stereocenters. The Morgan fingerprint density at radius 3 is 2.41 bits per heavy atom. The minimum absolute atomic E-state index is 0.155. The van der Waals surface area contributed by atoms with E-state index in [9.17, 15) is 14.0 Å². The first kappa shape index (κ1) is 21.8. The van der Waals surface area contributed by atoms with Gasteiger partial charge in [0.2, 0.25) is 0 Å². The van der Waals surface area contributed by atoms with Gasteiger partial charge in [-0.15, -0.1) is 0 Å². The maximum atomic E-state index is 14.1. The quantitative estimate of drug-likeness (QED) is 0.468. The van der Waals surface area contributed by atoms with Crippen LogP contribution in [0.4, 0.5) is 10.1 Å². The van der Waals surface area contributed by atoms with Gasteiger partial charge in [0.1, 0.15) is 5.82 Å². The van der Waals surface area contributed by atoms with E-state index >= 15 is 0 Å². The molecule has 1 amide bonds. The second-order valence-corrected chi connectivity index (χ2v) is 8.52. The van der Waals surface area contributed by atoms with Gasteiger partial charge in [-0.3, -0.25) is 14.6 Å². The number of carbonyl (C=O) groups is 1. The zero-order chi connectivity index (χ0) is 23.7. The number of fused-ring (bicyclic) bond motifs is 1. The zero-order valence-electron chi connectivity index (χ0n) is 18.9. The fourth-order valence-corrected chi connectivity index (χ4v) is 4.46. The lowest BCUT2D eigenvalue weighted by molar-refractivity contribution is 0.0745. The Labute approximate surface area is 196 Å². The van der Waals surface area contributed by atoms with Crippen LogP contribution < -0.4 is 10.5 Å². The normalized spacial score (nSPS) is 13.9. The number of hydrogen-bond donors (Lipinski definition) is 0. The minimum atomic E-state index is -0.261. The Bertz CT molecular complexity index is 1410. The van der Waals surface area contributed by atoms with Gasteiger partial charge < -0.3 is 14.4 Å². The summed E-state index contributed by atoms with van der Waals surface area (Å²) in [4.78, 5) is 34.8. The molecule has 34 heavy (non-hydrogen) atoms. The highest BCUT2D eigenvalue weighted by Crippen LogP contribution is 2.22. The van der Waals surface area contributed by atoms with Crippen molar-refractivity contribution in [3.05, 3.63) is 106 Å². The molecule has 0 aliphatic carbocycles. The summed E-state index contributed by atoms with van der Waals surface area (Å²) < 4.78 is 15.8. The molecule has 2 aromatic heterocycles. The minimum Gasteiger partial charge on any atom is -0.366 e. The van der Waals surface area contributed by atoms with Crippen LogP contribution in [0.25, 0.3) is 10.9 Å². The fraction of sp³-hybridized carbons (Fsp3) is 0.222. The lowest BCUT2D eigenvalue weighted by atomic mass is 10.1. The highest BCUT2D eigenvalue weighted by Gasteiger charge is 2.25. The number of rotatable bonds is 4. The van der Waals surface area contributed by atoms with E-state index in [1.165, 1.54) is 6.07 Å². The number of aryl methyl sites for hydroxylation is 1. The van der Waals surface area contributed by atoms with Gasteiger partial charge in [0.05, 0.1) is 34.4 Å². The number of piperazine rings is 1. The molecule has 4 aromatic rings. The van der Waals surface area contributed by atoms with Crippen molar-refractivity contribution >= 4 is 22.5 Å².